The number of hydrogen-bond acceptors (Lipinski definition) is 6. The van der Waals surface area contributed by atoms with E-state index in [4.69, 9.17) is 4.74 Å². The first-order valence-corrected chi connectivity index (χ1v) is 10.3. The number of carbonyl (C=O) groups excluding carboxylic acids is 3. The smallest absolute Gasteiger partial charge is 0.306 e. The van der Waals surface area contributed by atoms with Crippen LogP contribution in [0.1, 0.15) is 24.7 Å². The molecule has 8 nitrogen and oxygen atoms in total. The summed E-state index contributed by atoms with van der Waals surface area (Å²) in [6.45, 7) is 0.919. The molecule has 8 heteroatoms. The number of nitrogens with zero attached hydrogens (tertiary/aromatic N) is 2. The van der Waals surface area contributed by atoms with E-state index in [9.17, 15) is 19.2 Å². The number of amides is 1. The number of hydrogen-bond donors (Lipinski definition) is 1. The van der Waals surface area contributed by atoms with Gasteiger partial charge in [-0.3, -0.25) is 23.7 Å². The molecule has 0 spiro atoms. The molecule has 1 heterocycles. The van der Waals surface area contributed by atoms with Crippen LogP contribution in [-0.4, -0.2) is 39.9 Å². The Morgan fingerprint density at radius 2 is 1.75 bits per heavy atom. The summed E-state index contributed by atoms with van der Waals surface area (Å²) in [6.07, 6.45) is 0.519. The van der Waals surface area contributed by atoms with Gasteiger partial charge in [-0.2, -0.15) is 0 Å². The maximum atomic E-state index is 12.4. The Kier molecular flexibility index (Phi) is 7.49. The zero-order valence-corrected chi connectivity index (χ0v) is 18.0. The Bertz CT molecular complexity index is 1190. The summed E-state index contributed by atoms with van der Waals surface area (Å²) in [7, 11) is 1.60. The molecule has 0 aliphatic rings. The van der Waals surface area contributed by atoms with E-state index in [2.05, 4.69) is 10.3 Å². The number of para-hydroxylation sites is 1. The quantitative estimate of drug-likeness (QED) is 0.513. The third kappa shape index (κ3) is 5.87. The Morgan fingerprint density at radius 3 is 2.47 bits per heavy atom. The van der Waals surface area contributed by atoms with Crippen molar-refractivity contribution in [3.8, 4) is 0 Å². The van der Waals surface area contributed by atoms with Crippen molar-refractivity contribution in [2.75, 3.05) is 6.61 Å². The van der Waals surface area contributed by atoms with Crippen LogP contribution in [0.3, 0.4) is 0 Å². The van der Waals surface area contributed by atoms with Crippen LogP contribution in [0.25, 0.3) is 10.9 Å². The summed E-state index contributed by atoms with van der Waals surface area (Å²) < 4.78 is 6.44. The van der Waals surface area contributed by atoms with E-state index < -0.39 is 24.5 Å². The third-order valence-electron chi connectivity index (χ3n) is 5.10. The summed E-state index contributed by atoms with van der Waals surface area (Å²) in [5.74, 6) is -0.873. The summed E-state index contributed by atoms with van der Waals surface area (Å²) >= 11 is 0. The van der Waals surface area contributed by atoms with Crippen molar-refractivity contribution in [3.63, 3.8) is 0 Å². The fourth-order valence-electron chi connectivity index (χ4n) is 3.30. The highest BCUT2D eigenvalue weighted by atomic mass is 16.5. The van der Waals surface area contributed by atoms with E-state index in [1.807, 2.05) is 30.3 Å². The van der Waals surface area contributed by atoms with Crippen molar-refractivity contribution in [3.05, 3.63) is 76.3 Å². The predicted octanol–water partition coefficient (Wildman–Crippen LogP) is 1.73. The lowest BCUT2D eigenvalue weighted by Gasteiger charge is -2.16. The molecule has 0 aliphatic heterocycles. The topological polar surface area (TPSA) is 107 Å². The highest BCUT2D eigenvalue weighted by Gasteiger charge is 2.19. The second-order valence-corrected chi connectivity index (χ2v) is 7.49. The van der Waals surface area contributed by atoms with Gasteiger partial charge in [0.1, 0.15) is 5.82 Å². The van der Waals surface area contributed by atoms with Crippen molar-refractivity contribution >= 4 is 28.6 Å². The minimum absolute atomic E-state index is 0.0357. The molecule has 1 unspecified atom stereocenters. The van der Waals surface area contributed by atoms with E-state index >= 15 is 0 Å². The van der Waals surface area contributed by atoms with Crippen LogP contribution >= 0.6 is 0 Å². The number of rotatable bonds is 9. The van der Waals surface area contributed by atoms with Gasteiger partial charge in [-0.25, -0.2) is 4.98 Å². The highest BCUT2D eigenvalue weighted by Crippen LogP contribution is 2.09. The van der Waals surface area contributed by atoms with E-state index in [0.29, 0.717) is 23.1 Å². The molecule has 1 amide bonds. The number of aromatic nitrogens is 2. The van der Waals surface area contributed by atoms with Crippen LogP contribution in [0.4, 0.5) is 0 Å². The molecule has 1 N–H and O–H groups in total. The standard InChI is InChI=1S/C24H25N3O5/c1-16(28)20(14-17-8-4-3-5-9-17)26-22(29)15-32-23(30)13-12-21-25-19-11-7-6-10-18(19)24(31)27(21)2/h3-11,20H,12-15H2,1-2H3,(H,26,29). The third-order valence-corrected chi connectivity index (χ3v) is 5.10. The van der Waals surface area contributed by atoms with Crippen molar-refractivity contribution < 1.29 is 19.1 Å². The number of Topliss-reactive ketones (excluding diaryl/α,β-unsaturated/α-hetero) is 1. The molecule has 32 heavy (non-hydrogen) atoms. The van der Waals surface area contributed by atoms with Crippen molar-refractivity contribution in [2.24, 2.45) is 7.05 Å². The van der Waals surface area contributed by atoms with Gasteiger partial charge in [-0.05, 0) is 31.0 Å². The van der Waals surface area contributed by atoms with Gasteiger partial charge in [0.25, 0.3) is 11.5 Å². The molecule has 0 fully saturated rings. The molecule has 1 aromatic heterocycles. The molecule has 0 saturated heterocycles. The second kappa shape index (κ2) is 10.5. The van der Waals surface area contributed by atoms with E-state index in [0.717, 1.165) is 5.56 Å². The average Bonchev–Trinajstić information content (AvgIpc) is 2.79. The van der Waals surface area contributed by atoms with Crippen LogP contribution in [0.5, 0.6) is 0 Å². The minimum Gasteiger partial charge on any atom is -0.456 e. The molecular formula is C24H25N3O5. The number of ketones is 1. The number of aryl methyl sites for hydroxylation is 1. The van der Waals surface area contributed by atoms with Gasteiger partial charge in [-0.1, -0.05) is 42.5 Å². The van der Waals surface area contributed by atoms with Gasteiger partial charge < -0.3 is 10.1 Å². The van der Waals surface area contributed by atoms with Crippen molar-refractivity contribution in [1.82, 2.24) is 14.9 Å². The molecular weight excluding hydrogens is 410 g/mol. The van der Waals surface area contributed by atoms with Gasteiger partial charge in [0.15, 0.2) is 12.4 Å². The molecule has 166 valence electrons. The van der Waals surface area contributed by atoms with Crippen LogP contribution in [0.15, 0.2) is 59.4 Å². The SMILES string of the molecule is CC(=O)C(Cc1ccccc1)NC(=O)COC(=O)CCc1nc2ccccc2c(=O)n1C. The molecule has 0 bridgehead atoms. The Labute approximate surface area is 185 Å². The molecule has 0 aliphatic carbocycles. The van der Waals surface area contributed by atoms with Gasteiger partial charge in [0.05, 0.1) is 23.4 Å². The van der Waals surface area contributed by atoms with Crippen LogP contribution < -0.4 is 10.9 Å². The lowest BCUT2D eigenvalue weighted by atomic mass is 10.0. The number of esters is 1. The van der Waals surface area contributed by atoms with Gasteiger partial charge >= 0.3 is 5.97 Å². The normalized spacial score (nSPS) is 11.7. The van der Waals surface area contributed by atoms with Crippen LogP contribution in [0.2, 0.25) is 0 Å². The van der Waals surface area contributed by atoms with Gasteiger partial charge in [0.2, 0.25) is 0 Å². The number of ether oxygens (including phenoxy) is 1. The highest BCUT2D eigenvalue weighted by molar-refractivity contribution is 5.88. The van der Waals surface area contributed by atoms with E-state index in [-0.39, 0.29) is 24.2 Å². The molecule has 0 radical (unpaired) electrons. The molecule has 2 aromatic carbocycles. The second-order valence-electron chi connectivity index (χ2n) is 7.49. The van der Waals surface area contributed by atoms with Gasteiger partial charge in [-0.15, -0.1) is 0 Å². The summed E-state index contributed by atoms with van der Waals surface area (Å²) in [5.41, 5.74) is 1.29. The molecule has 3 rings (SSSR count). The summed E-state index contributed by atoms with van der Waals surface area (Å²) in [6, 6.07) is 15.6. The van der Waals surface area contributed by atoms with E-state index in [1.165, 1.54) is 11.5 Å². The molecule has 1 atom stereocenters. The minimum atomic E-state index is -0.695. The van der Waals surface area contributed by atoms with E-state index in [1.54, 1.807) is 31.3 Å². The van der Waals surface area contributed by atoms with Crippen LogP contribution in [-0.2, 0) is 39.0 Å². The average molecular weight is 435 g/mol. The summed E-state index contributed by atoms with van der Waals surface area (Å²) in [5, 5.41) is 3.12. The number of benzene rings is 2. The Morgan fingerprint density at radius 1 is 1.06 bits per heavy atom. The monoisotopic (exact) mass is 435 g/mol. The maximum Gasteiger partial charge on any atom is 0.306 e. The lowest BCUT2D eigenvalue weighted by Crippen LogP contribution is -2.43. The van der Waals surface area contributed by atoms with Crippen molar-refractivity contribution in [2.45, 2.75) is 32.2 Å². The molecule has 3 aromatic rings. The Balaban J connectivity index is 1.51. The number of fused-ring (bicyclic) bond motifs is 1. The zero-order valence-electron chi connectivity index (χ0n) is 18.0. The zero-order chi connectivity index (χ0) is 23.1. The predicted molar refractivity (Wildman–Crippen MR) is 119 cm³/mol. The summed E-state index contributed by atoms with van der Waals surface area (Å²) in [4.78, 5) is 53.0. The molecule has 0 saturated carbocycles. The first-order valence-electron chi connectivity index (χ1n) is 10.3. The number of carbonyl (C=O) groups is 3. The first kappa shape index (κ1) is 22.9. The Hall–Kier alpha value is -3.81. The largest absolute Gasteiger partial charge is 0.456 e. The lowest BCUT2D eigenvalue weighted by molar-refractivity contribution is -0.148. The van der Waals surface area contributed by atoms with Gasteiger partial charge in [0, 0.05) is 13.5 Å². The van der Waals surface area contributed by atoms with Crippen LogP contribution in [0, 0.1) is 0 Å². The van der Waals surface area contributed by atoms with Crippen molar-refractivity contribution in [1.29, 1.82) is 0 Å². The maximum absolute atomic E-state index is 12.4. The fraction of sp³-hybridized carbons (Fsp3) is 0.292. The number of nitrogens with one attached hydrogen (secondary N) is 1. The first-order chi connectivity index (χ1) is 15.3. The fourth-order valence-corrected chi connectivity index (χ4v) is 3.30.